The molecule has 212 valence electrons. The van der Waals surface area contributed by atoms with Gasteiger partial charge in [-0.05, 0) is 48.7 Å². The van der Waals surface area contributed by atoms with Crippen LogP contribution in [0.25, 0.3) is 0 Å². The van der Waals surface area contributed by atoms with Crippen molar-refractivity contribution in [1.29, 1.82) is 5.26 Å². The number of halogens is 1. The molecule has 3 aliphatic rings. The standard InChI is InChI=1S/C32H31FN2O6/c1-37-31(36)15-22-19-39-30-16-23(3-4-24(22)30)40-29-8-5-25-28(9-6-26(33)32(25)29)41-27-7-2-20(14-21(27)17-34)18-35-10-12-38-13-11-35/h2-4,6-7,9,14,16,22,29H,5,8,10-13,15,18-19H2,1H3/t22?,29-/m1/s1. The van der Waals surface area contributed by atoms with Crippen LogP contribution < -0.4 is 14.2 Å². The average molecular weight is 559 g/mol. The molecule has 0 aromatic heterocycles. The quantitative estimate of drug-likeness (QED) is 0.338. The molecule has 1 unspecified atom stereocenters. The molecular weight excluding hydrogens is 527 g/mol. The van der Waals surface area contributed by atoms with Crippen molar-refractivity contribution in [2.75, 3.05) is 40.0 Å². The van der Waals surface area contributed by atoms with Gasteiger partial charge in [0, 0.05) is 48.3 Å². The molecule has 0 saturated carbocycles. The molecule has 0 radical (unpaired) electrons. The first-order valence-corrected chi connectivity index (χ1v) is 13.8. The Kier molecular flexibility index (Phi) is 7.77. The normalized spacial score (nSPS) is 19.5. The van der Waals surface area contributed by atoms with Gasteiger partial charge in [0.15, 0.2) is 0 Å². The lowest BCUT2D eigenvalue weighted by molar-refractivity contribution is -0.141. The summed E-state index contributed by atoms with van der Waals surface area (Å²) in [6, 6.07) is 16.4. The summed E-state index contributed by atoms with van der Waals surface area (Å²) in [4.78, 5) is 14.0. The Morgan fingerprint density at radius 3 is 2.76 bits per heavy atom. The fraction of sp³-hybridized carbons (Fsp3) is 0.375. The van der Waals surface area contributed by atoms with E-state index in [1.165, 1.54) is 13.2 Å². The lowest BCUT2D eigenvalue weighted by atomic mass is 9.98. The zero-order valence-corrected chi connectivity index (χ0v) is 22.9. The number of hydrogen-bond acceptors (Lipinski definition) is 8. The van der Waals surface area contributed by atoms with Gasteiger partial charge in [0.1, 0.15) is 41.0 Å². The molecule has 9 heteroatoms. The second-order valence-electron chi connectivity index (χ2n) is 10.5. The van der Waals surface area contributed by atoms with E-state index in [-0.39, 0.29) is 24.1 Å². The van der Waals surface area contributed by atoms with Gasteiger partial charge in [0.05, 0.1) is 38.9 Å². The van der Waals surface area contributed by atoms with Crippen molar-refractivity contribution in [2.45, 2.75) is 37.8 Å². The Bertz CT molecular complexity index is 1500. The Morgan fingerprint density at radius 2 is 1.95 bits per heavy atom. The zero-order valence-electron chi connectivity index (χ0n) is 22.9. The van der Waals surface area contributed by atoms with E-state index >= 15 is 4.39 Å². The number of hydrogen-bond donors (Lipinski definition) is 0. The molecule has 0 bridgehead atoms. The van der Waals surface area contributed by atoms with Crippen LogP contribution in [-0.4, -0.2) is 50.9 Å². The number of benzene rings is 3. The molecule has 1 aliphatic carbocycles. The number of morpholine rings is 1. The molecule has 1 saturated heterocycles. The van der Waals surface area contributed by atoms with Gasteiger partial charge in [-0.2, -0.15) is 5.26 Å². The predicted octanol–water partition coefficient (Wildman–Crippen LogP) is 5.43. The van der Waals surface area contributed by atoms with Crippen LogP contribution in [0.15, 0.2) is 48.5 Å². The third-order valence-electron chi connectivity index (χ3n) is 7.92. The Balaban J connectivity index is 1.18. The first-order valence-electron chi connectivity index (χ1n) is 13.8. The summed E-state index contributed by atoms with van der Waals surface area (Å²) < 4.78 is 43.6. The molecule has 3 aromatic carbocycles. The van der Waals surface area contributed by atoms with Gasteiger partial charge in [-0.1, -0.05) is 12.1 Å². The van der Waals surface area contributed by atoms with E-state index in [4.69, 9.17) is 23.7 Å². The lowest BCUT2D eigenvalue weighted by Crippen LogP contribution is -2.35. The minimum absolute atomic E-state index is 0.0670. The predicted molar refractivity (Wildman–Crippen MR) is 147 cm³/mol. The van der Waals surface area contributed by atoms with Crippen LogP contribution in [0.4, 0.5) is 4.39 Å². The molecule has 6 rings (SSSR count). The van der Waals surface area contributed by atoms with Crippen molar-refractivity contribution in [2.24, 2.45) is 0 Å². The third-order valence-corrected chi connectivity index (χ3v) is 7.92. The first kappa shape index (κ1) is 27.1. The van der Waals surface area contributed by atoms with Crippen molar-refractivity contribution >= 4 is 5.97 Å². The van der Waals surface area contributed by atoms with Gasteiger partial charge < -0.3 is 23.7 Å². The van der Waals surface area contributed by atoms with Gasteiger partial charge in [-0.25, -0.2) is 4.39 Å². The maximum absolute atomic E-state index is 15.1. The van der Waals surface area contributed by atoms with Crippen molar-refractivity contribution in [3.05, 3.63) is 82.2 Å². The molecule has 0 amide bonds. The fourth-order valence-electron chi connectivity index (χ4n) is 5.79. The van der Waals surface area contributed by atoms with Gasteiger partial charge in [0.25, 0.3) is 0 Å². The smallest absolute Gasteiger partial charge is 0.306 e. The van der Waals surface area contributed by atoms with E-state index in [9.17, 15) is 10.1 Å². The van der Waals surface area contributed by atoms with Crippen LogP contribution in [0.1, 0.15) is 52.7 Å². The molecule has 8 nitrogen and oxygen atoms in total. The number of methoxy groups -OCH3 is 1. The van der Waals surface area contributed by atoms with E-state index < -0.39 is 6.10 Å². The molecule has 41 heavy (non-hydrogen) atoms. The highest BCUT2D eigenvalue weighted by Crippen LogP contribution is 2.44. The minimum Gasteiger partial charge on any atom is -0.492 e. The molecule has 2 atom stereocenters. The van der Waals surface area contributed by atoms with E-state index in [1.807, 2.05) is 30.3 Å². The maximum Gasteiger partial charge on any atom is 0.306 e. The van der Waals surface area contributed by atoms with Crippen LogP contribution in [0, 0.1) is 17.1 Å². The molecule has 2 aliphatic heterocycles. The summed E-state index contributed by atoms with van der Waals surface area (Å²) >= 11 is 0. The maximum atomic E-state index is 15.1. The monoisotopic (exact) mass is 558 g/mol. The molecule has 0 spiro atoms. The first-order chi connectivity index (χ1) is 20.0. The van der Waals surface area contributed by atoms with Gasteiger partial charge >= 0.3 is 5.97 Å². The number of esters is 1. The summed E-state index contributed by atoms with van der Waals surface area (Å²) in [5.74, 6) is 1.48. The molecular formula is C32H31FN2O6. The van der Waals surface area contributed by atoms with Crippen molar-refractivity contribution in [3.63, 3.8) is 0 Å². The molecule has 2 heterocycles. The van der Waals surface area contributed by atoms with Crippen LogP contribution in [-0.2, 0) is 27.2 Å². The van der Waals surface area contributed by atoms with Crippen molar-refractivity contribution in [1.82, 2.24) is 4.90 Å². The second-order valence-corrected chi connectivity index (χ2v) is 10.5. The third kappa shape index (κ3) is 5.71. The lowest BCUT2D eigenvalue weighted by Gasteiger charge is -2.26. The zero-order chi connectivity index (χ0) is 28.3. The summed E-state index contributed by atoms with van der Waals surface area (Å²) in [6.45, 7) is 4.28. The Morgan fingerprint density at radius 1 is 1.12 bits per heavy atom. The highest BCUT2D eigenvalue weighted by Gasteiger charge is 2.32. The second kappa shape index (κ2) is 11.8. The largest absolute Gasteiger partial charge is 0.492 e. The summed E-state index contributed by atoms with van der Waals surface area (Å²) in [6.07, 6.45) is 0.911. The number of nitrogens with zero attached hydrogens (tertiary/aromatic N) is 2. The minimum atomic E-state index is -0.495. The number of rotatable bonds is 8. The number of fused-ring (bicyclic) bond motifs is 2. The van der Waals surface area contributed by atoms with E-state index in [1.54, 1.807) is 12.1 Å². The van der Waals surface area contributed by atoms with Crippen LogP contribution >= 0.6 is 0 Å². The molecule has 0 N–H and O–H groups in total. The van der Waals surface area contributed by atoms with Crippen LogP contribution in [0.5, 0.6) is 23.0 Å². The van der Waals surface area contributed by atoms with E-state index in [0.29, 0.717) is 66.8 Å². The van der Waals surface area contributed by atoms with Gasteiger partial charge in [-0.15, -0.1) is 0 Å². The van der Waals surface area contributed by atoms with E-state index in [2.05, 4.69) is 11.0 Å². The number of nitriles is 1. The summed E-state index contributed by atoms with van der Waals surface area (Å²) in [5, 5.41) is 9.83. The fourth-order valence-corrected chi connectivity index (χ4v) is 5.79. The number of ether oxygens (including phenoxy) is 5. The van der Waals surface area contributed by atoms with Gasteiger partial charge in [0.2, 0.25) is 0 Å². The highest BCUT2D eigenvalue weighted by molar-refractivity contribution is 5.71. The van der Waals surface area contributed by atoms with Gasteiger partial charge in [-0.3, -0.25) is 9.69 Å². The molecule has 1 fully saturated rings. The average Bonchev–Trinajstić information content (AvgIpc) is 3.60. The van der Waals surface area contributed by atoms with Crippen molar-refractivity contribution in [3.8, 4) is 29.1 Å². The SMILES string of the molecule is COC(=O)CC1COc2cc(O[C@@H]3CCc4c(Oc5ccc(CN6CCOCC6)cc5C#N)ccc(F)c43)ccc21. The summed E-state index contributed by atoms with van der Waals surface area (Å²) in [5.41, 5.74) is 3.61. The molecule has 3 aromatic rings. The number of carbonyl (C=O) groups is 1. The highest BCUT2D eigenvalue weighted by atomic mass is 19.1. The van der Waals surface area contributed by atoms with Crippen LogP contribution in [0.3, 0.4) is 0 Å². The number of carbonyl (C=O) groups excluding carboxylic acids is 1. The Hall–Kier alpha value is -4.13. The topological polar surface area (TPSA) is 90.2 Å². The van der Waals surface area contributed by atoms with Crippen LogP contribution in [0.2, 0.25) is 0 Å². The van der Waals surface area contributed by atoms with E-state index in [0.717, 1.165) is 36.3 Å². The Labute approximate surface area is 238 Å². The summed E-state index contributed by atoms with van der Waals surface area (Å²) in [7, 11) is 1.37. The van der Waals surface area contributed by atoms with Crippen molar-refractivity contribution < 1.29 is 32.9 Å².